The van der Waals surface area contributed by atoms with Crippen molar-refractivity contribution in [2.75, 3.05) is 6.54 Å². The predicted molar refractivity (Wildman–Crippen MR) is 91.3 cm³/mol. The Morgan fingerprint density at radius 2 is 2.12 bits per heavy atom. The quantitative estimate of drug-likeness (QED) is 0.640. The van der Waals surface area contributed by atoms with E-state index < -0.39 is 4.92 Å². The Balaban J connectivity index is 1.95. The van der Waals surface area contributed by atoms with Crippen molar-refractivity contribution in [3.05, 3.63) is 56.4 Å². The summed E-state index contributed by atoms with van der Waals surface area (Å²) in [6, 6.07) is 5.80. The summed E-state index contributed by atoms with van der Waals surface area (Å²) in [6.07, 6.45) is 0. The largest absolute Gasteiger partial charge is 0.352 e. The van der Waals surface area contributed by atoms with Crippen LogP contribution in [0.4, 0.5) is 5.69 Å². The number of nitro groups is 1. The molecule has 2 rings (SSSR count). The smallest absolute Gasteiger partial charge is 0.270 e. The van der Waals surface area contributed by atoms with Gasteiger partial charge in [-0.3, -0.25) is 19.6 Å². The number of halogens is 1. The van der Waals surface area contributed by atoms with E-state index in [1.54, 1.807) is 0 Å². The first-order valence-electron chi connectivity index (χ1n) is 7.51. The number of hydrogen-bond acceptors (Lipinski definition) is 4. The van der Waals surface area contributed by atoms with Gasteiger partial charge in [-0.15, -0.1) is 0 Å². The number of hydrogen-bond donors (Lipinski definition) is 1. The normalized spacial score (nSPS) is 12.0. The third-order valence-electron chi connectivity index (χ3n) is 3.61. The maximum absolute atomic E-state index is 12.2. The van der Waals surface area contributed by atoms with Gasteiger partial charge in [-0.25, -0.2) is 0 Å². The maximum Gasteiger partial charge on any atom is 0.270 e. The molecule has 0 aliphatic rings. The molecule has 1 N–H and O–H groups in total. The minimum atomic E-state index is -0.552. The molecule has 0 radical (unpaired) electrons. The summed E-state index contributed by atoms with van der Waals surface area (Å²) in [6.45, 7) is 7.07. The molecule has 0 aliphatic carbocycles. The summed E-state index contributed by atoms with van der Waals surface area (Å²) >= 11 is 5.96. The van der Waals surface area contributed by atoms with Gasteiger partial charge in [0.25, 0.3) is 11.6 Å². The zero-order chi connectivity index (χ0) is 17.9. The number of carbonyl (C=O) groups excluding carboxylic acids is 1. The van der Waals surface area contributed by atoms with Crippen molar-refractivity contribution in [2.24, 2.45) is 5.92 Å². The molecule has 0 saturated carbocycles. The molecule has 0 saturated heterocycles. The molecule has 1 amide bonds. The van der Waals surface area contributed by atoms with Crippen LogP contribution < -0.4 is 5.32 Å². The Morgan fingerprint density at radius 1 is 1.42 bits per heavy atom. The Hall–Kier alpha value is -2.41. The molecule has 7 nitrogen and oxygen atoms in total. The highest BCUT2D eigenvalue weighted by molar-refractivity contribution is 6.34. The number of non-ortho nitro benzene ring substituents is 1. The molecular weight excluding hydrogens is 332 g/mol. The van der Waals surface area contributed by atoms with Crippen LogP contribution in [0.2, 0.25) is 5.02 Å². The third kappa shape index (κ3) is 4.32. The van der Waals surface area contributed by atoms with Gasteiger partial charge in [0.2, 0.25) is 0 Å². The average Bonchev–Trinajstić information content (AvgIpc) is 2.82. The summed E-state index contributed by atoms with van der Waals surface area (Å²) < 4.78 is 1.91. The van der Waals surface area contributed by atoms with Crippen LogP contribution in [0, 0.1) is 29.9 Å². The number of carbonyl (C=O) groups is 1. The second-order valence-electron chi connectivity index (χ2n) is 5.85. The summed E-state index contributed by atoms with van der Waals surface area (Å²) in [7, 11) is 0. The van der Waals surface area contributed by atoms with E-state index in [9.17, 15) is 14.9 Å². The lowest BCUT2D eigenvalue weighted by molar-refractivity contribution is -0.384. The lowest BCUT2D eigenvalue weighted by Gasteiger charge is -2.14. The summed E-state index contributed by atoms with van der Waals surface area (Å²) in [5.41, 5.74) is 2.11. The lowest BCUT2D eigenvalue weighted by Crippen LogP contribution is -2.30. The first-order valence-corrected chi connectivity index (χ1v) is 7.89. The van der Waals surface area contributed by atoms with Crippen LogP contribution in [0.3, 0.4) is 0 Å². The van der Waals surface area contributed by atoms with Crippen LogP contribution in [0.5, 0.6) is 0 Å². The van der Waals surface area contributed by atoms with Gasteiger partial charge < -0.3 is 5.32 Å². The molecule has 1 aromatic heterocycles. The number of rotatable bonds is 6. The average molecular weight is 351 g/mol. The van der Waals surface area contributed by atoms with E-state index in [2.05, 4.69) is 10.4 Å². The SMILES string of the molecule is Cc1cc(C)n(C[C@H](C)CNC(=O)c2ccc([N+](=O)[O-])cc2Cl)n1. The molecule has 0 aliphatic heterocycles. The fourth-order valence-electron chi connectivity index (χ4n) is 2.38. The molecule has 1 atom stereocenters. The van der Waals surface area contributed by atoms with E-state index in [-0.39, 0.29) is 28.1 Å². The standard InChI is InChI=1S/C16H19ClN4O3/c1-10(9-20-12(3)6-11(2)19-20)8-18-16(22)14-5-4-13(21(23)24)7-15(14)17/h4-7,10H,8-9H2,1-3H3,(H,18,22)/t10-/m1/s1. The van der Waals surface area contributed by atoms with Gasteiger partial charge in [0, 0.05) is 30.9 Å². The molecule has 2 aromatic rings. The van der Waals surface area contributed by atoms with E-state index in [0.717, 1.165) is 11.4 Å². The van der Waals surface area contributed by atoms with Gasteiger partial charge >= 0.3 is 0 Å². The molecule has 8 heteroatoms. The zero-order valence-corrected chi connectivity index (χ0v) is 14.5. The van der Waals surface area contributed by atoms with Crippen LogP contribution >= 0.6 is 11.6 Å². The van der Waals surface area contributed by atoms with E-state index in [4.69, 9.17) is 11.6 Å². The Labute approximate surface area is 144 Å². The molecule has 0 unspecified atom stereocenters. The number of benzene rings is 1. The second kappa shape index (κ2) is 7.44. The number of amides is 1. The molecule has 24 heavy (non-hydrogen) atoms. The Kier molecular flexibility index (Phi) is 5.56. The van der Waals surface area contributed by atoms with Crippen molar-refractivity contribution >= 4 is 23.2 Å². The van der Waals surface area contributed by atoms with E-state index in [0.29, 0.717) is 13.1 Å². The molecular formula is C16H19ClN4O3. The lowest BCUT2D eigenvalue weighted by atomic mass is 10.1. The molecule has 0 fully saturated rings. The number of aromatic nitrogens is 2. The van der Waals surface area contributed by atoms with Gasteiger partial charge in [0.15, 0.2) is 0 Å². The summed E-state index contributed by atoms with van der Waals surface area (Å²) in [5.74, 6) is -0.182. The number of nitrogens with zero attached hydrogens (tertiary/aromatic N) is 3. The summed E-state index contributed by atoms with van der Waals surface area (Å²) in [5, 5.41) is 17.9. The monoisotopic (exact) mass is 350 g/mol. The minimum Gasteiger partial charge on any atom is -0.352 e. The minimum absolute atomic E-state index is 0.0629. The van der Waals surface area contributed by atoms with Gasteiger partial charge in [-0.05, 0) is 31.9 Å². The maximum atomic E-state index is 12.2. The van der Waals surface area contributed by atoms with Gasteiger partial charge in [-0.1, -0.05) is 18.5 Å². The molecule has 128 valence electrons. The van der Waals surface area contributed by atoms with E-state index in [1.807, 2.05) is 31.5 Å². The molecule has 1 aromatic carbocycles. The number of nitrogens with one attached hydrogen (secondary N) is 1. The fraction of sp³-hybridized carbons (Fsp3) is 0.375. The Bertz CT molecular complexity index is 773. The van der Waals surface area contributed by atoms with Crippen LogP contribution in [0.25, 0.3) is 0 Å². The Morgan fingerprint density at radius 3 is 2.67 bits per heavy atom. The number of nitro benzene ring substituents is 1. The van der Waals surface area contributed by atoms with Gasteiger partial charge in [-0.2, -0.15) is 5.10 Å². The summed E-state index contributed by atoms with van der Waals surface area (Å²) in [4.78, 5) is 22.3. The van der Waals surface area contributed by atoms with Crippen molar-refractivity contribution < 1.29 is 9.72 Å². The highest BCUT2D eigenvalue weighted by Crippen LogP contribution is 2.22. The van der Waals surface area contributed by atoms with Crippen LogP contribution in [0.1, 0.15) is 28.7 Å². The van der Waals surface area contributed by atoms with E-state index >= 15 is 0 Å². The zero-order valence-electron chi connectivity index (χ0n) is 13.7. The first kappa shape index (κ1) is 17.9. The van der Waals surface area contributed by atoms with Crippen molar-refractivity contribution in [1.29, 1.82) is 0 Å². The first-order chi connectivity index (χ1) is 11.3. The predicted octanol–water partition coefficient (Wildman–Crippen LogP) is 3.13. The van der Waals surface area contributed by atoms with Crippen LogP contribution in [-0.4, -0.2) is 27.2 Å². The highest BCUT2D eigenvalue weighted by atomic mass is 35.5. The molecule has 1 heterocycles. The third-order valence-corrected chi connectivity index (χ3v) is 3.92. The topological polar surface area (TPSA) is 90.1 Å². The van der Waals surface area contributed by atoms with E-state index in [1.165, 1.54) is 18.2 Å². The van der Waals surface area contributed by atoms with Crippen molar-refractivity contribution in [3.8, 4) is 0 Å². The number of aryl methyl sites for hydroxylation is 2. The molecule has 0 bridgehead atoms. The fourth-order valence-corrected chi connectivity index (χ4v) is 2.64. The van der Waals surface area contributed by atoms with Crippen LogP contribution in [0.15, 0.2) is 24.3 Å². The van der Waals surface area contributed by atoms with Crippen molar-refractivity contribution in [3.63, 3.8) is 0 Å². The van der Waals surface area contributed by atoms with Gasteiger partial charge in [0.1, 0.15) is 0 Å². The highest BCUT2D eigenvalue weighted by Gasteiger charge is 2.16. The van der Waals surface area contributed by atoms with Crippen molar-refractivity contribution in [1.82, 2.24) is 15.1 Å². The van der Waals surface area contributed by atoms with Crippen molar-refractivity contribution in [2.45, 2.75) is 27.3 Å². The molecule has 0 spiro atoms. The second-order valence-corrected chi connectivity index (χ2v) is 6.25. The van der Waals surface area contributed by atoms with Gasteiger partial charge in [0.05, 0.1) is 21.2 Å². The van der Waals surface area contributed by atoms with Crippen LogP contribution in [-0.2, 0) is 6.54 Å².